The van der Waals surface area contributed by atoms with Crippen molar-refractivity contribution in [3.63, 3.8) is 0 Å². The van der Waals surface area contributed by atoms with Gasteiger partial charge in [0.15, 0.2) is 5.37 Å². The van der Waals surface area contributed by atoms with Crippen molar-refractivity contribution in [1.29, 1.82) is 0 Å². The second kappa shape index (κ2) is 7.13. The van der Waals surface area contributed by atoms with Crippen LogP contribution in [0.1, 0.15) is 12.8 Å². The SMILES string of the molecule is COC(=O)C1CSC(C(=O)OC)N1C(=O)CN1CCCC1. The van der Waals surface area contributed by atoms with Crippen LogP contribution in [-0.2, 0) is 23.9 Å². The maximum atomic E-state index is 12.5. The van der Waals surface area contributed by atoms with Crippen molar-refractivity contribution in [1.82, 2.24) is 9.80 Å². The molecule has 2 saturated heterocycles. The van der Waals surface area contributed by atoms with Crippen LogP contribution in [0.25, 0.3) is 0 Å². The molecule has 118 valence electrons. The molecule has 2 atom stereocenters. The Kier molecular flexibility index (Phi) is 5.46. The molecule has 0 aromatic carbocycles. The van der Waals surface area contributed by atoms with Crippen LogP contribution < -0.4 is 0 Å². The molecule has 2 heterocycles. The molecule has 2 unspecified atom stereocenters. The third-order valence-electron chi connectivity index (χ3n) is 3.72. The van der Waals surface area contributed by atoms with E-state index in [9.17, 15) is 14.4 Å². The molecule has 0 spiro atoms. The lowest BCUT2D eigenvalue weighted by atomic mass is 10.2. The maximum absolute atomic E-state index is 12.5. The second-order valence-corrected chi connectivity index (χ2v) is 6.15. The molecule has 0 N–H and O–H groups in total. The highest BCUT2D eigenvalue weighted by molar-refractivity contribution is 8.00. The molecule has 7 nitrogen and oxygen atoms in total. The van der Waals surface area contributed by atoms with Crippen molar-refractivity contribution in [3.05, 3.63) is 0 Å². The topological polar surface area (TPSA) is 76.2 Å². The fourth-order valence-corrected chi connectivity index (χ4v) is 3.94. The van der Waals surface area contributed by atoms with Crippen molar-refractivity contribution in [2.75, 3.05) is 39.6 Å². The molecule has 2 fully saturated rings. The van der Waals surface area contributed by atoms with Gasteiger partial charge in [-0.1, -0.05) is 0 Å². The van der Waals surface area contributed by atoms with Crippen LogP contribution in [0.5, 0.6) is 0 Å². The van der Waals surface area contributed by atoms with E-state index in [1.165, 1.54) is 30.9 Å². The zero-order chi connectivity index (χ0) is 15.4. The summed E-state index contributed by atoms with van der Waals surface area (Å²) in [6, 6.07) is -0.723. The standard InChI is InChI=1S/C13H20N2O5S/c1-19-12(17)9-8-21-11(13(18)20-2)15(9)10(16)7-14-5-3-4-6-14/h9,11H,3-8H2,1-2H3. The van der Waals surface area contributed by atoms with Crippen LogP contribution in [0.3, 0.4) is 0 Å². The molecule has 0 aromatic rings. The Morgan fingerprint density at radius 2 is 1.71 bits per heavy atom. The number of amides is 1. The second-order valence-electron chi connectivity index (χ2n) is 5.03. The predicted octanol–water partition coefficient (Wildman–Crippen LogP) is -0.302. The third kappa shape index (κ3) is 3.49. The van der Waals surface area contributed by atoms with E-state index in [0.717, 1.165) is 25.9 Å². The van der Waals surface area contributed by atoms with Gasteiger partial charge < -0.3 is 14.4 Å². The Labute approximate surface area is 127 Å². The summed E-state index contributed by atoms with van der Waals surface area (Å²) in [4.78, 5) is 39.5. The van der Waals surface area contributed by atoms with E-state index in [1.807, 2.05) is 4.90 Å². The highest BCUT2D eigenvalue weighted by atomic mass is 32.2. The molecule has 0 saturated carbocycles. The maximum Gasteiger partial charge on any atom is 0.339 e. The molecular weight excluding hydrogens is 296 g/mol. The van der Waals surface area contributed by atoms with Gasteiger partial charge in [0.05, 0.1) is 20.8 Å². The molecule has 0 aromatic heterocycles. The third-order valence-corrected chi connectivity index (χ3v) is 4.97. The minimum Gasteiger partial charge on any atom is -0.467 e. The van der Waals surface area contributed by atoms with E-state index in [-0.39, 0.29) is 12.5 Å². The van der Waals surface area contributed by atoms with E-state index in [2.05, 4.69) is 0 Å². The summed E-state index contributed by atoms with van der Waals surface area (Å²) in [5.41, 5.74) is 0. The van der Waals surface area contributed by atoms with Gasteiger partial charge in [-0.2, -0.15) is 0 Å². The van der Waals surface area contributed by atoms with Gasteiger partial charge in [-0.3, -0.25) is 9.69 Å². The number of nitrogens with zero attached hydrogens (tertiary/aromatic N) is 2. The fraction of sp³-hybridized carbons (Fsp3) is 0.769. The summed E-state index contributed by atoms with van der Waals surface area (Å²) in [6.07, 6.45) is 2.14. The van der Waals surface area contributed by atoms with E-state index in [4.69, 9.17) is 9.47 Å². The van der Waals surface area contributed by atoms with Crippen molar-refractivity contribution in [3.8, 4) is 0 Å². The first-order valence-electron chi connectivity index (χ1n) is 6.89. The first-order valence-corrected chi connectivity index (χ1v) is 7.94. The van der Waals surface area contributed by atoms with Crippen LogP contribution in [-0.4, -0.2) is 78.7 Å². The first-order chi connectivity index (χ1) is 10.1. The number of likely N-dealkylation sites (tertiary alicyclic amines) is 1. The number of methoxy groups -OCH3 is 2. The van der Waals surface area contributed by atoms with Crippen molar-refractivity contribution >= 4 is 29.6 Å². The monoisotopic (exact) mass is 316 g/mol. The average Bonchev–Trinajstić information content (AvgIpc) is 3.14. The smallest absolute Gasteiger partial charge is 0.339 e. The average molecular weight is 316 g/mol. The first kappa shape index (κ1) is 16.1. The summed E-state index contributed by atoms with van der Waals surface area (Å²) in [5.74, 6) is -0.893. The minimum absolute atomic E-state index is 0.224. The Bertz CT molecular complexity index is 401. The number of carbonyl (C=O) groups excluding carboxylic acids is 3. The van der Waals surface area contributed by atoms with E-state index >= 15 is 0 Å². The summed E-state index contributed by atoms with van der Waals surface area (Å²) in [6.45, 7) is 1.97. The van der Waals surface area contributed by atoms with Gasteiger partial charge in [0, 0.05) is 5.75 Å². The number of rotatable bonds is 4. The molecule has 0 bridgehead atoms. The van der Waals surface area contributed by atoms with Gasteiger partial charge in [-0.15, -0.1) is 11.8 Å². The van der Waals surface area contributed by atoms with Gasteiger partial charge >= 0.3 is 11.9 Å². The number of ether oxygens (including phenoxy) is 2. The minimum atomic E-state index is -0.769. The summed E-state index contributed by atoms with van der Waals surface area (Å²) < 4.78 is 9.46. The molecule has 8 heteroatoms. The van der Waals surface area contributed by atoms with Gasteiger partial charge in [-0.05, 0) is 25.9 Å². The Morgan fingerprint density at radius 1 is 1.10 bits per heavy atom. The number of thioether (sulfide) groups is 1. The highest BCUT2D eigenvalue weighted by Crippen LogP contribution is 2.31. The normalized spacial score (nSPS) is 25.9. The van der Waals surface area contributed by atoms with Gasteiger partial charge in [0.25, 0.3) is 0 Å². The lowest BCUT2D eigenvalue weighted by molar-refractivity contribution is -0.156. The fourth-order valence-electron chi connectivity index (χ4n) is 2.62. The van der Waals surface area contributed by atoms with Crippen molar-refractivity contribution in [2.24, 2.45) is 0 Å². The zero-order valence-electron chi connectivity index (χ0n) is 12.2. The molecule has 2 aliphatic heterocycles. The molecule has 0 aliphatic carbocycles. The Morgan fingerprint density at radius 3 is 2.29 bits per heavy atom. The van der Waals surface area contributed by atoms with Gasteiger partial charge in [0.1, 0.15) is 6.04 Å². The van der Waals surface area contributed by atoms with Crippen LogP contribution >= 0.6 is 11.8 Å². The van der Waals surface area contributed by atoms with Crippen LogP contribution in [0.4, 0.5) is 0 Å². The molecule has 1 amide bonds. The summed E-state index contributed by atoms with van der Waals surface area (Å²) in [5, 5.41) is -0.769. The lowest BCUT2D eigenvalue weighted by Gasteiger charge is -2.28. The Hall–Kier alpha value is -1.28. The molecule has 2 aliphatic rings. The van der Waals surface area contributed by atoms with Crippen molar-refractivity contribution in [2.45, 2.75) is 24.3 Å². The summed E-state index contributed by atoms with van der Waals surface area (Å²) >= 11 is 1.23. The number of carbonyl (C=O) groups is 3. The van der Waals surface area contributed by atoms with Gasteiger partial charge in [-0.25, -0.2) is 9.59 Å². The summed E-state index contributed by atoms with van der Waals surface area (Å²) in [7, 11) is 2.55. The molecule has 21 heavy (non-hydrogen) atoms. The zero-order valence-corrected chi connectivity index (χ0v) is 13.1. The van der Waals surface area contributed by atoms with E-state index in [0.29, 0.717) is 5.75 Å². The van der Waals surface area contributed by atoms with E-state index < -0.39 is 23.4 Å². The van der Waals surface area contributed by atoms with Gasteiger partial charge in [0.2, 0.25) is 5.91 Å². The molecule has 0 radical (unpaired) electrons. The molecular formula is C13H20N2O5S. The van der Waals surface area contributed by atoms with Crippen LogP contribution in [0.2, 0.25) is 0 Å². The number of esters is 2. The van der Waals surface area contributed by atoms with Crippen LogP contribution in [0, 0.1) is 0 Å². The molecule has 2 rings (SSSR count). The quantitative estimate of drug-likeness (QED) is 0.659. The van der Waals surface area contributed by atoms with Crippen LogP contribution in [0.15, 0.2) is 0 Å². The largest absolute Gasteiger partial charge is 0.467 e. The number of hydrogen-bond acceptors (Lipinski definition) is 7. The predicted molar refractivity (Wildman–Crippen MR) is 76.6 cm³/mol. The lowest BCUT2D eigenvalue weighted by Crippen LogP contribution is -2.51. The number of hydrogen-bond donors (Lipinski definition) is 0. The van der Waals surface area contributed by atoms with E-state index in [1.54, 1.807) is 0 Å². The highest BCUT2D eigenvalue weighted by Gasteiger charge is 2.46. The van der Waals surface area contributed by atoms with Crippen molar-refractivity contribution < 1.29 is 23.9 Å². The Balaban J connectivity index is 2.11.